The molecule has 1 aliphatic rings. The number of amides is 1. The van der Waals surface area contributed by atoms with Gasteiger partial charge in [0.15, 0.2) is 6.29 Å². The standard InChI is InChI=1S/C36H67NO8/c1-3-5-7-8-9-10-11-12-13-14-15-16-17-18-19-20-21-22-24-26-32(40)37-29(30(39)25-23-6-4-2)28-44-36-35(43)34(42)33(41)31(27-38)45-36/h12-13,23,25,29-31,33-36,38-39,41-43H,3-11,14-22,24,26-28H2,1-2H3,(H,37,40)/b13-12-,25-23+. The van der Waals surface area contributed by atoms with Gasteiger partial charge in [-0.3, -0.25) is 4.79 Å². The number of allylic oxidation sites excluding steroid dienone is 3. The Hall–Kier alpha value is -1.33. The number of rotatable bonds is 28. The first-order valence-corrected chi connectivity index (χ1v) is 18.1. The molecule has 0 aromatic rings. The molecule has 6 N–H and O–H groups in total. The van der Waals surface area contributed by atoms with Crippen LogP contribution in [-0.4, -0.2) is 87.5 Å². The van der Waals surface area contributed by atoms with Crippen LogP contribution in [0.1, 0.15) is 142 Å². The summed E-state index contributed by atoms with van der Waals surface area (Å²) in [6.07, 6.45) is 23.1. The lowest BCUT2D eigenvalue weighted by molar-refractivity contribution is -0.302. The third-order valence-electron chi connectivity index (χ3n) is 8.50. The Morgan fingerprint density at radius 3 is 1.84 bits per heavy atom. The lowest BCUT2D eigenvalue weighted by Crippen LogP contribution is -2.60. The summed E-state index contributed by atoms with van der Waals surface area (Å²) in [6, 6.07) is -0.797. The molecule has 0 aliphatic carbocycles. The summed E-state index contributed by atoms with van der Waals surface area (Å²) in [5.41, 5.74) is 0. The molecule has 0 aromatic heterocycles. The van der Waals surface area contributed by atoms with Crippen molar-refractivity contribution in [1.29, 1.82) is 0 Å². The van der Waals surface area contributed by atoms with Crippen molar-refractivity contribution in [1.82, 2.24) is 5.32 Å². The number of aliphatic hydroxyl groups excluding tert-OH is 5. The van der Waals surface area contributed by atoms with Gasteiger partial charge in [-0.2, -0.15) is 0 Å². The highest BCUT2D eigenvalue weighted by Gasteiger charge is 2.44. The summed E-state index contributed by atoms with van der Waals surface area (Å²) in [5, 5.41) is 53.2. The average Bonchev–Trinajstić information content (AvgIpc) is 3.03. The Labute approximate surface area is 273 Å². The quantitative estimate of drug-likeness (QED) is 0.0478. The van der Waals surface area contributed by atoms with Gasteiger partial charge in [-0.15, -0.1) is 0 Å². The van der Waals surface area contributed by atoms with Crippen molar-refractivity contribution >= 4 is 5.91 Å². The van der Waals surface area contributed by atoms with Crippen LogP contribution >= 0.6 is 0 Å². The van der Waals surface area contributed by atoms with Gasteiger partial charge in [0.1, 0.15) is 24.4 Å². The maximum absolute atomic E-state index is 12.7. The molecule has 1 heterocycles. The number of hydrogen-bond donors (Lipinski definition) is 6. The predicted octanol–water partition coefficient (Wildman–Crippen LogP) is 5.60. The fourth-order valence-corrected chi connectivity index (χ4v) is 5.51. The van der Waals surface area contributed by atoms with Gasteiger partial charge in [-0.25, -0.2) is 0 Å². The molecule has 45 heavy (non-hydrogen) atoms. The molecule has 1 rings (SSSR count). The second-order valence-electron chi connectivity index (χ2n) is 12.7. The topological polar surface area (TPSA) is 149 Å². The first-order valence-electron chi connectivity index (χ1n) is 18.1. The summed E-state index contributed by atoms with van der Waals surface area (Å²) < 4.78 is 11.0. The molecule has 0 bridgehead atoms. The van der Waals surface area contributed by atoms with Gasteiger partial charge in [0.25, 0.3) is 0 Å². The van der Waals surface area contributed by atoms with Crippen LogP contribution in [-0.2, 0) is 14.3 Å². The third kappa shape index (κ3) is 19.8. The first kappa shape index (κ1) is 41.7. The number of carbonyl (C=O) groups is 1. The average molecular weight is 642 g/mol. The predicted molar refractivity (Wildman–Crippen MR) is 180 cm³/mol. The molecular formula is C36H67NO8. The molecule has 0 radical (unpaired) electrons. The SMILES string of the molecule is CCC/C=C/C(O)C(COC1OC(CO)C(O)C(O)C1O)NC(=O)CCCCCCCCCCC/C=C\CCCCCCCC. The zero-order valence-corrected chi connectivity index (χ0v) is 28.4. The number of unbranched alkanes of at least 4 members (excludes halogenated alkanes) is 16. The molecule has 1 saturated heterocycles. The maximum atomic E-state index is 12.7. The molecule has 0 spiro atoms. The summed E-state index contributed by atoms with van der Waals surface area (Å²) >= 11 is 0. The van der Waals surface area contributed by atoms with Crippen molar-refractivity contribution in [3.63, 3.8) is 0 Å². The highest BCUT2D eigenvalue weighted by molar-refractivity contribution is 5.76. The Morgan fingerprint density at radius 2 is 1.29 bits per heavy atom. The van der Waals surface area contributed by atoms with Gasteiger partial charge in [0, 0.05) is 6.42 Å². The van der Waals surface area contributed by atoms with Gasteiger partial charge in [-0.1, -0.05) is 122 Å². The fraction of sp³-hybridized carbons (Fsp3) is 0.861. The van der Waals surface area contributed by atoms with Crippen LogP contribution in [0.3, 0.4) is 0 Å². The fourth-order valence-electron chi connectivity index (χ4n) is 5.51. The van der Waals surface area contributed by atoms with E-state index in [-0.39, 0.29) is 12.5 Å². The number of aliphatic hydroxyl groups is 5. The minimum absolute atomic E-state index is 0.193. The summed E-state index contributed by atoms with van der Waals surface area (Å²) in [7, 11) is 0. The molecular weight excluding hydrogens is 574 g/mol. The lowest BCUT2D eigenvalue weighted by atomic mass is 9.99. The van der Waals surface area contributed by atoms with Crippen molar-refractivity contribution in [2.45, 2.75) is 185 Å². The van der Waals surface area contributed by atoms with Gasteiger partial charge in [-0.05, 0) is 38.5 Å². The van der Waals surface area contributed by atoms with Crippen molar-refractivity contribution < 1.29 is 39.8 Å². The zero-order chi connectivity index (χ0) is 33.1. The molecule has 0 aromatic carbocycles. The third-order valence-corrected chi connectivity index (χ3v) is 8.50. The smallest absolute Gasteiger partial charge is 0.220 e. The Balaban J connectivity index is 2.21. The molecule has 9 nitrogen and oxygen atoms in total. The first-order chi connectivity index (χ1) is 21.8. The van der Waals surface area contributed by atoms with E-state index in [2.05, 4.69) is 24.4 Å². The number of carbonyl (C=O) groups excluding carboxylic acids is 1. The van der Waals surface area contributed by atoms with E-state index < -0.39 is 49.5 Å². The maximum Gasteiger partial charge on any atom is 0.220 e. The van der Waals surface area contributed by atoms with Gasteiger partial charge in [0.2, 0.25) is 5.91 Å². The minimum Gasteiger partial charge on any atom is -0.394 e. The van der Waals surface area contributed by atoms with E-state index in [9.17, 15) is 30.3 Å². The Kier molecular flexibility index (Phi) is 25.7. The number of hydrogen-bond acceptors (Lipinski definition) is 8. The molecule has 0 saturated carbocycles. The van der Waals surface area contributed by atoms with Gasteiger partial charge in [0.05, 0.1) is 25.4 Å². The van der Waals surface area contributed by atoms with Gasteiger partial charge >= 0.3 is 0 Å². The van der Waals surface area contributed by atoms with Gasteiger partial charge < -0.3 is 40.3 Å². The Bertz CT molecular complexity index is 761. The Morgan fingerprint density at radius 1 is 0.733 bits per heavy atom. The minimum atomic E-state index is -1.56. The molecule has 9 heteroatoms. The molecule has 7 unspecified atom stereocenters. The van der Waals surface area contributed by atoms with Crippen molar-refractivity contribution in [2.75, 3.05) is 13.2 Å². The number of nitrogens with one attached hydrogen (secondary N) is 1. The molecule has 1 fully saturated rings. The highest BCUT2D eigenvalue weighted by atomic mass is 16.7. The summed E-state index contributed by atoms with van der Waals surface area (Å²) in [4.78, 5) is 12.7. The normalized spacial score (nSPS) is 23.6. The van der Waals surface area contributed by atoms with E-state index >= 15 is 0 Å². The van der Waals surface area contributed by atoms with Crippen LogP contribution in [0.15, 0.2) is 24.3 Å². The highest BCUT2D eigenvalue weighted by Crippen LogP contribution is 2.22. The monoisotopic (exact) mass is 641 g/mol. The van der Waals surface area contributed by atoms with E-state index in [1.54, 1.807) is 6.08 Å². The second kappa shape index (κ2) is 27.8. The lowest BCUT2D eigenvalue weighted by Gasteiger charge is -2.40. The van der Waals surface area contributed by atoms with E-state index in [0.717, 1.165) is 32.1 Å². The van der Waals surface area contributed by atoms with E-state index in [1.807, 2.05) is 13.0 Å². The molecule has 1 amide bonds. The van der Waals surface area contributed by atoms with Crippen LogP contribution in [0.25, 0.3) is 0 Å². The van der Waals surface area contributed by atoms with Crippen LogP contribution < -0.4 is 5.32 Å². The molecule has 7 atom stereocenters. The van der Waals surface area contributed by atoms with Crippen molar-refractivity contribution in [3.8, 4) is 0 Å². The van der Waals surface area contributed by atoms with E-state index in [4.69, 9.17) is 9.47 Å². The van der Waals surface area contributed by atoms with Crippen molar-refractivity contribution in [3.05, 3.63) is 24.3 Å². The van der Waals surface area contributed by atoms with E-state index in [0.29, 0.717) is 6.42 Å². The molecule has 1 aliphatic heterocycles. The van der Waals surface area contributed by atoms with E-state index in [1.165, 1.54) is 89.9 Å². The second-order valence-corrected chi connectivity index (χ2v) is 12.7. The zero-order valence-electron chi connectivity index (χ0n) is 28.4. The van der Waals surface area contributed by atoms with Crippen LogP contribution in [0.5, 0.6) is 0 Å². The molecule has 264 valence electrons. The summed E-state index contributed by atoms with van der Waals surface area (Å²) in [5.74, 6) is -0.193. The number of ether oxygens (including phenoxy) is 2. The summed E-state index contributed by atoms with van der Waals surface area (Å²) in [6.45, 7) is 3.53. The van der Waals surface area contributed by atoms with Crippen LogP contribution in [0.2, 0.25) is 0 Å². The largest absolute Gasteiger partial charge is 0.394 e. The van der Waals surface area contributed by atoms with Crippen LogP contribution in [0, 0.1) is 0 Å². The van der Waals surface area contributed by atoms with Crippen LogP contribution in [0.4, 0.5) is 0 Å². The van der Waals surface area contributed by atoms with Crippen molar-refractivity contribution in [2.24, 2.45) is 0 Å².